The summed E-state index contributed by atoms with van der Waals surface area (Å²) in [6, 6.07) is 13.7. The maximum atomic E-state index is 2.39. The van der Waals surface area contributed by atoms with Crippen LogP contribution in [-0.2, 0) is 0 Å². The van der Waals surface area contributed by atoms with Crippen LogP contribution in [0.2, 0.25) is 0 Å². The smallest absolute Gasteiger partial charge is 0.0137 e. The Hall–Kier alpha value is -2.60. The molecule has 0 saturated heterocycles. The minimum absolute atomic E-state index is 0.480. The maximum absolute atomic E-state index is 2.39. The Kier molecular flexibility index (Phi) is 1.80. The highest BCUT2D eigenvalue weighted by molar-refractivity contribution is 6.13. The van der Waals surface area contributed by atoms with Crippen molar-refractivity contribution in [2.75, 3.05) is 0 Å². The third-order valence-corrected chi connectivity index (χ3v) is 5.56. The van der Waals surface area contributed by atoms with Crippen LogP contribution in [0.1, 0.15) is 23.0 Å². The molecule has 0 bridgehead atoms. The molecule has 0 fully saturated rings. The molecule has 0 heterocycles. The van der Waals surface area contributed by atoms with Crippen LogP contribution in [0.5, 0.6) is 0 Å². The summed E-state index contributed by atoms with van der Waals surface area (Å²) in [5.74, 6) is 0.959. The van der Waals surface area contributed by atoms with E-state index in [1.165, 1.54) is 43.1 Å². The first-order valence-corrected chi connectivity index (χ1v) is 7.97. The highest BCUT2D eigenvalue weighted by Gasteiger charge is 2.32. The molecular formula is C22H14. The van der Waals surface area contributed by atoms with Gasteiger partial charge in [0.2, 0.25) is 0 Å². The van der Waals surface area contributed by atoms with Gasteiger partial charge in [0, 0.05) is 11.8 Å². The summed E-state index contributed by atoms with van der Waals surface area (Å²) in [5.41, 5.74) is 3.07. The predicted octanol–water partition coefficient (Wildman–Crippen LogP) is 3.87. The molecule has 0 aromatic heterocycles. The minimum Gasteiger partial charge on any atom is -0.0760 e. The number of fused-ring (bicyclic) bond motifs is 1. The fourth-order valence-corrected chi connectivity index (χ4v) is 4.68. The zero-order valence-corrected chi connectivity index (χ0v) is 12.1. The largest absolute Gasteiger partial charge is 0.0760 e. The number of hydrogen-bond donors (Lipinski definition) is 0. The molecule has 22 heavy (non-hydrogen) atoms. The van der Waals surface area contributed by atoms with Crippen LogP contribution in [0.3, 0.4) is 0 Å². The second kappa shape index (κ2) is 3.59. The van der Waals surface area contributed by atoms with E-state index in [0.717, 1.165) is 0 Å². The SMILES string of the molecule is C1=C[C@@H]2c3c(ccc4ccc5ccc6c(c5c34)[C@H]2C=CC=6)=C1. The summed E-state index contributed by atoms with van der Waals surface area (Å²) >= 11 is 0. The highest BCUT2D eigenvalue weighted by atomic mass is 14.3. The van der Waals surface area contributed by atoms with Crippen molar-refractivity contribution in [1.29, 1.82) is 0 Å². The molecule has 3 aromatic rings. The molecule has 3 aliphatic rings. The summed E-state index contributed by atoms with van der Waals surface area (Å²) in [7, 11) is 0. The molecule has 0 radical (unpaired) electrons. The molecular weight excluding hydrogens is 264 g/mol. The average Bonchev–Trinajstić information content (AvgIpc) is 2.59. The van der Waals surface area contributed by atoms with Gasteiger partial charge in [-0.1, -0.05) is 72.9 Å². The van der Waals surface area contributed by atoms with Gasteiger partial charge in [0.05, 0.1) is 0 Å². The number of rotatable bonds is 0. The lowest BCUT2D eigenvalue weighted by molar-refractivity contribution is 0.729. The Morgan fingerprint density at radius 2 is 1.00 bits per heavy atom. The zero-order chi connectivity index (χ0) is 14.3. The zero-order valence-electron chi connectivity index (χ0n) is 12.1. The predicted molar refractivity (Wildman–Crippen MR) is 93.4 cm³/mol. The van der Waals surface area contributed by atoms with Crippen molar-refractivity contribution in [3.05, 3.63) is 82.3 Å². The molecule has 0 saturated carbocycles. The minimum atomic E-state index is 0.480. The molecule has 0 N–H and O–H groups in total. The van der Waals surface area contributed by atoms with Gasteiger partial charge >= 0.3 is 0 Å². The quantitative estimate of drug-likeness (QED) is 0.548. The molecule has 2 atom stereocenters. The van der Waals surface area contributed by atoms with Gasteiger partial charge < -0.3 is 0 Å². The Bertz CT molecular complexity index is 1080. The Labute approximate surface area is 128 Å². The van der Waals surface area contributed by atoms with Crippen LogP contribution < -0.4 is 10.4 Å². The summed E-state index contributed by atoms with van der Waals surface area (Å²) in [4.78, 5) is 0. The van der Waals surface area contributed by atoms with Crippen LogP contribution in [0.4, 0.5) is 0 Å². The van der Waals surface area contributed by atoms with Gasteiger partial charge in [-0.3, -0.25) is 0 Å². The van der Waals surface area contributed by atoms with Crippen molar-refractivity contribution in [1.82, 2.24) is 0 Å². The fraction of sp³-hybridized carbons (Fsp3) is 0.0909. The molecule has 0 aliphatic heterocycles. The molecule has 0 unspecified atom stereocenters. The van der Waals surface area contributed by atoms with Gasteiger partial charge in [0.1, 0.15) is 0 Å². The van der Waals surface area contributed by atoms with Crippen molar-refractivity contribution in [2.45, 2.75) is 11.8 Å². The van der Waals surface area contributed by atoms with Crippen LogP contribution in [-0.4, -0.2) is 0 Å². The summed E-state index contributed by atoms with van der Waals surface area (Å²) in [6.07, 6.45) is 13.8. The van der Waals surface area contributed by atoms with Gasteiger partial charge in [-0.2, -0.15) is 0 Å². The number of benzene rings is 3. The molecule has 102 valence electrons. The Balaban J connectivity index is 2.04. The first-order chi connectivity index (χ1) is 10.9. The Morgan fingerprint density at radius 1 is 0.545 bits per heavy atom. The molecule has 6 rings (SSSR count). The summed E-state index contributed by atoms with van der Waals surface area (Å²) in [6.45, 7) is 0. The van der Waals surface area contributed by atoms with Crippen LogP contribution in [0.25, 0.3) is 33.7 Å². The van der Waals surface area contributed by atoms with E-state index >= 15 is 0 Å². The fourth-order valence-electron chi connectivity index (χ4n) is 4.68. The van der Waals surface area contributed by atoms with Crippen molar-refractivity contribution in [3.63, 3.8) is 0 Å². The van der Waals surface area contributed by atoms with Crippen LogP contribution in [0, 0.1) is 0 Å². The molecule has 0 amide bonds. The first-order valence-electron chi connectivity index (χ1n) is 7.97. The molecule has 0 heteroatoms. The van der Waals surface area contributed by atoms with E-state index in [4.69, 9.17) is 0 Å². The lowest BCUT2D eigenvalue weighted by Crippen LogP contribution is -2.28. The van der Waals surface area contributed by atoms with E-state index in [1.807, 2.05) is 0 Å². The Morgan fingerprint density at radius 3 is 1.50 bits per heavy atom. The van der Waals surface area contributed by atoms with E-state index in [1.54, 1.807) is 0 Å². The van der Waals surface area contributed by atoms with Gasteiger partial charge in [0.25, 0.3) is 0 Å². The third-order valence-electron chi connectivity index (χ3n) is 5.56. The summed E-state index contributed by atoms with van der Waals surface area (Å²) in [5, 5.41) is 8.51. The topological polar surface area (TPSA) is 0 Å². The molecule has 3 aliphatic carbocycles. The van der Waals surface area contributed by atoms with Crippen molar-refractivity contribution in [2.24, 2.45) is 0 Å². The van der Waals surface area contributed by atoms with E-state index in [-0.39, 0.29) is 0 Å². The molecule has 0 spiro atoms. The lowest BCUT2D eigenvalue weighted by atomic mass is 9.69. The standard InChI is InChI=1S/C22H14/c1-3-13-7-9-15-11-12-16-10-8-14-4-2-6-18-17(5-1)19(13)21(15)22(16)20(14)18/h1-12,17-18H/t17-,18-/m0/s1. The van der Waals surface area contributed by atoms with E-state index in [2.05, 4.69) is 72.9 Å². The normalized spacial score (nSPS) is 22.9. The van der Waals surface area contributed by atoms with Crippen molar-refractivity contribution >= 4 is 33.7 Å². The van der Waals surface area contributed by atoms with Crippen molar-refractivity contribution in [3.8, 4) is 0 Å². The van der Waals surface area contributed by atoms with Crippen molar-refractivity contribution < 1.29 is 0 Å². The van der Waals surface area contributed by atoms with Crippen LogP contribution in [0.15, 0.2) is 60.7 Å². The maximum Gasteiger partial charge on any atom is 0.0137 e. The number of hydrogen-bond acceptors (Lipinski definition) is 0. The molecule has 3 aromatic carbocycles. The van der Waals surface area contributed by atoms with Gasteiger partial charge in [-0.05, 0) is 43.1 Å². The molecule has 0 nitrogen and oxygen atoms in total. The van der Waals surface area contributed by atoms with E-state index < -0.39 is 0 Å². The second-order valence-electron chi connectivity index (χ2n) is 6.55. The van der Waals surface area contributed by atoms with E-state index in [9.17, 15) is 0 Å². The average molecular weight is 278 g/mol. The van der Waals surface area contributed by atoms with Crippen LogP contribution >= 0.6 is 0 Å². The first kappa shape index (κ1) is 11.0. The monoisotopic (exact) mass is 278 g/mol. The van der Waals surface area contributed by atoms with Gasteiger partial charge in [-0.25, -0.2) is 0 Å². The summed E-state index contributed by atoms with van der Waals surface area (Å²) < 4.78 is 0. The lowest BCUT2D eigenvalue weighted by Gasteiger charge is -2.34. The van der Waals surface area contributed by atoms with E-state index in [0.29, 0.717) is 11.8 Å². The third kappa shape index (κ3) is 1.13. The number of allylic oxidation sites excluding steroid dienone is 4. The second-order valence-corrected chi connectivity index (χ2v) is 6.55. The van der Waals surface area contributed by atoms with Gasteiger partial charge in [-0.15, -0.1) is 0 Å². The highest BCUT2D eigenvalue weighted by Crippen LogP contribution is 2.47. The van der Waals surface area contributed by atoms with Gasteiger partial charge in [0.15, 0.2) is 0 Å².